The van der Waals surface area contributed by atoms with Crippen LogP contribution in [0.5, 0.6) is 0 Å². The molecule has 6 rings (SSSR count). The van der Waals surface area contributed by atoms with E-state index in [1.807, 2.05) is 74.0 Å². The van der Waals surface area contributed by atoms with Crippen LogP contribution >= 0.6 is 11.8 Å². The maximum atomic E-state index is 13.5. The van der Waals surface area contributed by atoms with E-state index in [1.54, 1.807) is 11.8 Å². The lowest BCUT2D eigenvalue weighted by Crippen LogP contribution is -2.58. The van der Waals surface area contributed by atoms with E-state index < -0.39 is 11.1 Å². The molecule has 0 amide bonds. The molecule has 0 bridgehead atoms. The molecule has 0 saturated carbocycles. The number of hydrogen-bond donors (Lipinski definition) is 0. The van der Waals surface area contributed by atoms with Crippen LogP contribution in [0.3, 0.4) is 0 Å². The number of fused-ring (bicyclic) bond motifs is 4. The van der Waals surface area contributed by atoms with E-state index in [9.17, 15) is 4.79 Å². The third-order valence-corrected chi connectivity index (χ3v) is 8.02. The lowest BCUT2D eigenvalue weighted by molar-refractivity contribution is -0.176. The molecule has 2 aromatic carbocycles. The van der Waals surface area contributed by atoms with Crippen molar-refractivity contribution >= 4 is 23.4 Å². The van der Waals surface area contributed by atoms with Crippen LogP contribution in [0.1, 0.15) is 36.6 Å². The Bertz CT molecular complexity index is 1230. The van der Waals surface area contributed by atoms with Crippen molar-refractivity contribution in [2.75, 3.05) is 5.75 Å². The molecule has 0 radical (unpaired) electrons. The Balaban J connectivity index is 1.53. The summed E-state index contributed by atoms with van der Waals surface area (Å²) in [4.78, 5) is 18.3. The topological polar surface area (TPSA) is 56.5 Å². The molecule has 3 aromatic rings. The first-order valence-electron chi connectivity index (χ1n) is 10.6. The molecule has 1 spiro atoms. The van der Waals surface area contributed by atoms with Gasteiger partial charge in [-0.25, -0.2) is 9.48 Å². The number of cyclic esters (lactones) is 1. The zero-order chi connectivity index (χ0) is 21.4. The molecule has 4 heterocycles. The number of para-hydroxylation sites is 1. The van der Waals surface area contributed by atoms with Crippen molar-refractivity contribution in [1.29, 1.82) is 0 Å². The summed E-state index contributed by atoms with van der Waals surface area (Å²) in [6.45, 7) is 6.11. The van der Waals surface area contributed by atoms with Crippen molar-refractivity contribution in [3.05, 3.63) is 77.5 Å². The van der Waals surface area contributed by atoms with E-state index >= 15 is 0 Å². The SMILES string of the molecule is Cc1nn(-c2ccccc2)c2c1[C@@H]1[C@H](CS2)C(C)(C)OC(=O)[C@@]12N=C2c1ccccc1. The number of aromatic nitrogens is 2. The summed E-state index contributed by atoms with van der Waals surface area (Å²) in [5, 5.41) is 6.03. The number of esters is 1. The molecule has 5 nitrogen and oxygen atoms in total. The van der Waals surface area contributed by atoms with Crippen molar-refractivity contribution in [2.45, 2.75) is 42.9 Å². The van der Waals surface area contributed by atoms with Crippen LogP contribution in [-0.2, 0) is 9.53 Å². The van der Waals surface area contributed by atoms with Crippen LogP contribution in [0, 0.1) is 12.8 Å². The first-order chi connectivity index (χ1) is 14.9. The Morgan fingerprint density at radius 2 is 1.74 bits per heavy atom. The van der Waals surface area contributed by atoms with Gasteiger partial charge in [-0.3, -0.25) is 4.99 Å². The van der Waals surface area contributed by atoms with Gasteiger partial charge in [0, 0.05) is 23.2 Å². The van der Waals surface area contributed by atoms with Crippen molar-refractivity contribution in [3.63, 3.8) is 0 Å². The Labute approximate surface area is 185 Å². The van der Waals surface area contributed by atoms with Gasteiger partial charge in [0.05, 0.1) is 17.1 Å². The van der Waals surface area contributed by atoms with Crippen molar-refractivity contribution in [3.8, 4) is 5.69 Å². The van der Waals surface area contributed by atoms with E-state index in [2.05, 4.69) is 12.1 Å². The molecular formula is C25H23N3O2S. The quantitative estimate of drug-likeness (QED) is 0.560. The monoisotopic (exact) mass is 429 g/mol. The van der Waals surface area contributed by atoms with Gasteiger partial charge in [-0.05, 0) is 38.5 Å². The van der Waals surface area contributed by atoms with E-state index in [1.165, 1.54) is 0 Å². The molecule has 0 unspecified atom stereocenters. The standard InChI is InChI=1S/C25H23N3O2S/c1-15-19-20-18(14-31-22(19)28(27-15)17-12-8-5-9-13-17)24(2,3)30-23(29)25(20)21(26-25)16-10-6-4-7-11-16/h4-13,18,20H,14H2,1-3H3/t18-,20-,25+/m0/s1. The molecular weight excluding hydrogens is 406 g/mol. The molecule has 156 valence electrons. The Morgan fingerprint density at radius 1 is 1.06 bits per heavy atom. The van der Waals surface area contributed by atoms with Gasteiger partial charge in [-0.15, -0.1) is 11.8 Å². The normalized spacial score (nSPS) is 27.8. The molecule has 0 aliphatic carbocycles. The molecule has 3 atom stereocenters. The average Bonchev–Trinajstić information content (AvgIpc) is 3.44. The van der Waals surface area contributed by atoms with Gasteiger partial charge in [-0.1, -0.05) is 48.5 Å². The van der Waals surface area contributed by atoms with Crippen molar-refractivity contribution in [1.82, 2.24) is 9.78 Å². The third-order valence-electron chi connectivity index (χ3n) is 6.83. The van der Waals surface area contributed by atoms with Gasteiger partial charge < -0.3 is 4.74 Å². The van der Waals surface area contributed by atoms with E-state index in [0.717, 1.165) is 39.0 Å². The molecule has 1 aromatic heterocycles. The number of carbonyl (C=O) groups is 1. The summed E-state index contributed by atoms with van der Waals surface area (Å²) in [5.41, 5.74) is 3.47. The summed E-state index contributed by atoms with van der Waals surface area (Å²) in [5.74, 6) is 0.699. The third kappa shape index (κ3) is 2.54. The second kappa shape index (κ2) is 6.33. The number of aryl methyl sites for hydroxylation is 1. The van der Waals surface area contributed by atoms with Gasteiger partial charge in [0.2, 0.25) is 5.54 Å². The number of rotatable bonds is 2. The first kappa shape index (κ1) is 18.9. The van der Waals surface area contributed by atoms with E-state index in [-0.39, 0.29) is 17.8 Å². The van der Waals surface area contributed by atoms with Crippen LogP contribution in [-0.4, -0.2) is 38.4 Å². The molecule has 1 fully saturated rings. The van der Waals surface area contributed by atoms with Gasteiger partial charge in [0.15, 0.2) is 0 Å². The fourth-order valence-electron chi connectivity index (χ4n) is 5.24. The molecule has 31 heavy (non-hydrogen) atoms. The first-order valence-corrected chi connectivity index (χ1v) is 11.6. The van der Waals surface area contributed by atoms with Crippen LogP contribution in [0.25, 0.3) is 5.69 Å². The van der Waals surface area contributed by atoms with Gasteiger partial charge in [0.1, 0.15) is 10.6 Å². The van der Waals surface area contributed by atoms with E-state index in [0.29, 0.717) is 0 Å². The maximum absolute atomic E-state index is 13.5. The fourth-order valence-corrected chi connectivity index (χ4v) is 6.87. The zero-order valence-corrected chi connectivity index (χ0v) is 18.5. The number of aliphatic imine (C=N–C) groups is 1. The van der Waals surface area contributed by atoms with Gasteiger partial charge >= 0.3 is 5.97 Å². The van der Waals surface area contributed by atoms with Gasteiger partial charge in [0.25, 0.3) is 0 Å². The minimum atomic E-state index is -0.938. The zero-order valence-electron chi connectivity index (χ0n) is 17.7. The Kier molecular flexibility index (Phi) is 3.85. The predicted molar refractivity (Wildman–Crippen MR) is 121 cm³/mol. The number of ether oxygens (including phenoxy) is 1. The molecule has 6 heteroatoms. The van der Waals surface area contributed by atoms with Gasteiger partial charge in [-0.2, -0.15) is 5.10 Å². The second-order valence-corrected chi connectivity index (χ2v) is 10.0. The molecule has 1 saturated heterocycles. The van der Waals surface area contributed by atoms with E-state index in [4.69, 9.17) is 14.8 Å². The van der Waals surface area contributed by atoms with Crippen LogP contribution in [0.2, 0.25) is 0 Å². The molecule has 3 aliphatic heterocycles. The highest BCUT2D eigenvalue weighted by Crippen LogP contribution is 2.61. The minimum Gasteiger partial charge on any atom is -0.457 e. The number of thioether (sulfide) groups is 1. The number of hydrogen-bond acceptors (Lipinski definition) is 5. The number of benzene rings is 2. The summed E-state index contributed by atoms with van der Waals surface area (Å²) in [7, 11) is 0. The fraction of sp³-hybridized carbons (Fsp3) is 0.320. The van der Waals surface area contributed by atoms with Crippen LogP contribution < -0.4 is 0 Å². The van der Waals surface area contributed by atoms with Crippen LogP contribution in [0.15, 0.2) is 70.7 Å². The lowest BCUT2D eigenvalue weighted by Gasteiger charge is -2.48. The highest BCUT2D eigenvalue weighted by molar-refractivity contribution is 7.99. The highest BCUT2D eigenvalue weighted by Gasteiger charge is 2.70. The highest BCUT2D eigenvalue weighted by atomic mass is 32.2. The summed E-state index contributed by atoms with van der Waals surface area (Å²) in [6, 6.07) is 20.2. The second-order valence-electron chi connectivity index (χ2n) is 9.03. The summed E-state index contributed by atoms with van der Waals surface area (Å²) < 4.78 is 8.05. The van der Waals surface area contributed by atoms with Crippen LogP contribution in [0.4, 0.5) is 0 Å². The number of nitrogens with zero attached hydrogens (tertiary/aromatic N) is 3. The lowest BCUT2D eigenvalue weighted by atomic mass is 9.66. The summed E-state index contributed by atoms with van der Waals surface area (Å²) >= 11 is 1.80. The largest absolute Gasteiger partial charge is 0.457 e. The maximum Gasteiger partial charge on any atom is 0.341 e. The number of carbonyl (C=O) groups excluding carboxylic acids is 1. The average molecular weight is 430 g/mol. The van der Waals surface area contributed by atoms with Crippen molar-refractivity contribution < 1.29 is 9.53 Å². The molecule has 0 N–H and O–H groups in total. The smallest absolute Gasteiger partial charge is 0.341 e. The predicted octanol–water partition coefficient (Wildman–Crippen LogP) is 4.56. The molecule has 3 aliphatic rings. The minimum absolute atomic E-state index is 0.0762. The Hall–Kier alpha value is -2.86. The summed E-state index contributed by atoms with van der Waals surface area (Å²) in [6.07, 6.45) is 0. The Morgan fingerprint density at radius 3 is 2.45 bits per heavy atom. The van der Waals surface area contributed by atoms with Crippen molar-refractivity contribution in [2.24, 2.45) is 10.9 Å².